The van der Waals surface area contributed by atoms with Crippen LogP contribution in [0.4, 0.5) is 4.39 Å². The highest BCUT2D eigenvalue weighted by atomic mass is 79.9. The molecule has 15 heavy (non-hydrogen) atoms. The molecule has 1 saturated heterocycles. The number of hydrogen-bond donors (Lipinski definition) is 0. The van der Waals surface area contributed by atoms with Gasteiger partial charge in [-0.15, -0.1) is 0 Å². The molecule has 0 saturated carbocycles. The lowest BCUT2D eigenvalue weighted by molar-refractivity contribution is -0.128. The third-order valence-corrected chi connectivity index (χ3v) is 3.04. The van der Waals surface area contributed by atoms with Gasteiger partial charge in [-0.25, -0.2) is 4.39 Å². The average molecular weight is 272 g/mol. The molecular formula is C11H11BrFNO. The van der Waals surface area contributed by atoms with E-state index in [1.165, 1.54) is 12.1 Å². The largest absolute Gasteiger partial charge is 0.337 e. The van der Waals surface area contributed by atoms with Gasteiger partial charge in [0.1, 0.15) is 5.82 Å². The highest BCUT2D eigenvalue weighted by molar-refractivity contribution is 9.09. The zero-order chi connectivity index (χ0) is 10.8. The van der Waals surface area contributed by atoms with E-state index in [-0.39, 0.29) is 16.6 Å². The van der Waals surface area contributed by atoms with Crippen molar-refractivity contribution in [3.63, 3.8) is 0 Å². The van der Waals surface area contributed by atoms with E-state index in [0.29, 0.717) is 19.5 Å². The molecular weight excluding hydrogens is 261 g/mol. The first kappa shape index (κ1) is 10.6. The molecule has 0 spiro atoms. The van der Waals surface area contributed by atoms with Crippen molar-refractivity contribution in [1.82, 2.24) is 4.90 Å². The van der Waals surface area contributed by atoms with Gasteiger partial charge in [0.25, 0.3) is 0 Å². The topological polar surface area (TPSA) is 20.3 Å². The summed E-state index contributed by atoms with van der Waals surface area (Å²) in [6.45, 7) is 1.20. The van der Waals surface area contributed by atoms with Gasteiger partial charge < -0.3 is 4.90 Å². The molecule has 1 heterocycles. The zero-order valence-electron chi connectivity index (χ0n) is 8.12. The molecule has 1 aliphatic rings. The number of carbonyl (C=O) groups is 1. The summed E-state index contributed by atoms with van der Waals surface area (Å²) in [6, 6.07) is 6.37. The Bertz CT molecular complexity index is 383. The number of carbonyl (C=O) groups excluding carboxylic acids is 1. The maximum Gasteiger partial charge on any atom is 0.224 e. The molecule has 1 atom stereocenters. The van der Waals surface area contributed by atoms with Crippen molar-refractivity contribution >= 4 is 21.8 Å². The van der Waals surface area contributed by atoms with Crippen LogP contribution in [0.1, 0.15) is 12.0 Å². The van der Waals surface area contributed by atoms with Gasteiger partial charge in [0.05, 0.1) is 0 Å². The van der Waals surface area contributed by atoms with Crippen molar-refractivity contribution in [1.29, 1.82) is 0 Å². The molecule has 1 fully saturated rings. The van der Waals surface area contributed by atoms with Crippen molar-refractivity contribution < 1.29 is 9.18 Å². The normalized spacial score (nSPS) is 21.1. The Balaban J connectivity index is 2.06. The Morgan fingerprint density at radius 2 is 2.33 bits per heavy atom. The van der Waals surface area contributed by atoms with Gasteiger partial charge in [0.2, 0.25) is 5.91 Å². The zero-order valence-corrected chi connectivity index (χ0v) is 9.71. The van der Waals surface area contributed by atoms with Gasteiger partial charge in [0, 0.05) is 24.3 Å². The average Bonchev–Trinajstić information content (AvgIpc) is 2.45. The molecule has 1 aromatic carbocycles. The van der Waals surface area contributed by atoms with Gasteiger partial charge in [-0.05, 0) is 17.7 Å². The van der Waals surface area contributed by atoms with Gasteiger partial charge in [-0.3, -0.25) is 4.79 Å². The van der Waals surface area contributed by atoms with Crippen LogP contribution in [0.5, 0.6) is 0 Å². The smallest absolute Gasteiger partial charge is 0.224 e. The number of likely N-dealkylation sites (tertiary alicyclic amines) is 1. The maximum absolute atomic E-state index is 12.9. The van der Waals surface area contributed by atoms with Crippen LogP contribution >= 0.6 is 15.9 Å². The first-order valence-corrected chi connectivity index (χ1v) is 5.73. The second-order valence-corrected chi connectivity index (χ2v) is 5.00. The van der Waals surface area contributed by atoms with Gasteiger partial charge in [-0.1, -0.05) is 28.1 Å². The Morgan fingerprint density at radius 1 is 1.53 bits per heavy atom. The molecule has 0 N–H and O–H groups in total. The first-order valence-electron chi connectivity index (χ1n) is 4.81. The number of halogens is 2. The lowest BCUT2D eigenvalue weighted by atomic mass is 10.2. The van der Waals surface area contributed by atoms with Gasteiger partial charge >= 0.3 is 0 Å². The van der Waals surface area contributed by atoms with E-state index in [4.69, 9.17) is 0 Å². The van der Waals surface area contributed by atoms with E-state index in [0.717, 1.165) is 5.56 Å². The van der Waals surface area contributed by atoms with Crippen molar-refractivity contribution in [2.24, 2.45) is 0 Å². The van der Waals surface area contributed by atoms with Crippen LogP contribution in [-0.4, -0.2) is 22.2 Å². The van der Waals surface area contributed by atoms with E-state index in [1.807, 2.05) is 6.07 Å². The van der Waals surface area contributed by atoms with Gasteiger partial charge in [-0.2, -0.15) is 0 Å². The second kappa shape index (κ2) is 4.31. The molecule has 1 aliphatic heterocycles. The molecule has 0 aliphatic carbocycles. The van der Waals surface area contributed by atoms with Crippen LogP contribution in [0.3, 0.4) is 0 Å². The summed E-state index contributed by atoms with van der Waals surface area (Å²) in [6.07, 6.45) is 0.537. The summed E-state index contributed by atoms with van der Waals surface area (Å²) in [5.74, 6) is -0.129. The molecule has 80 valence electrons. The number of hydrogen-bond acceptors (Lipinski definition) is 1. The van der Waals surface area contributed by atoms with Crippen molar-refractivity contribution in [2.75, 3.05) is 6.54 Å². The quantitative estimate of drug-likeness (QED) is 0.757. The Labute approximate surface area is 96.2 Å². The summed E-state index contributed by atoms with van der Waals surface area (Å²) in [5, 5.41) is 0. The SMILES string of the molecule is O=C1CC(Br)CN1Cc1cccc(F)c1. The highest BCUT2D eigenvalue weighted by Gasteiger charge is 2.27. The standard InChI is InChI=1S/C11H11BrFNO/c12-9-5-11(15)14(7-9)6-8-2-1-3-10(13)4-8/h1-4,9H,5-7H2. The fraction of sp³-hybridized carbons (Fsp3) is 0.364. The summed E-state index contributed by atoms with van der Waals surface area (Å²) < 4.78 is 12.9. The minimum Gasteiger partial charge on any atom is -0.337 e. The highest BCUT2D eigenvalue weighted by Crippen LogP contribution is 2.20. The fourth-order valence-corrected chi connectivity index (χ4v) is 2.36. The van der Waals surface area contributed by atoms with Crippen molar-refractivity contribution in [2.45, 2.75) is 17.8 Å². The van der Waals surface area contributed by atoms with Crippen LogP contribution in [0, 0.1) is 5.82 Å². The maximum atomic E-state index is 12.9. The number of amides is 1. The predicted octanol–water partition coefficient (Wildman–Crippen LogP) is 2.32. The van der Waals surface area contributed by atoms with Crippen LogP contribution < -0.4 is 0 Å². The Kier molecular flexibility index (Phi) is 3.05. The molecule has 1 amide bonds. The number of rotatable bonds is 2. The molecule has 1 unspecified atom stereocenters. The Hall–Kier alpha value is -0.900. The molecule has 0 radical (unpaired) electrons. The molecule has 1 aromatic rings. The van der Waals surface area contributed by atoms with Crippen LogP contribution in [0.25, 0.3) is 0 Å². The van der Waals surface area contributed by atoms with Gasteiger partial charge in [0.15, 0.2) is 0 Å². The van der Waals surface area contributed by atoms with Crippen LogP contribution in [0.2, 0.25) is 0 Å². The monoisotopic (exact) mass is 271 g/mol. The van der Waals surface area contributed by atoms with Crippen molar-refractivity contribution in [3.05, 3.63) is 35.6 Å². The van der Waals surface area contributed by atoms with E-state index in [2.05, 4.69) is 15.9 Å². The number of alkyl halides is 1. The summed E-state index contributed by atoms with van der Waals surface area (Å²) in [5.41, 5.74) is 0.838. The summed E-state index contributed by atoms with van der Waals surface area (Å²) in [7, 11) is 0. The Morgan fingerprint density at radius 3 is 2.93 bits per heavy atom. The minimum absolute atomic E-state index is 0.126. The molecule has 2 rings (SSSR count). The number of nitrogens with zero attached hydrogens (tertiary/aromatic N) is 1. The third-order valence-electron chi connectivity index (χ3n) is 2.43. The minimum atomic E-state index is -0.255. The van der Waals surface area contributed by atoms with E-state index in [1.54, 1.807) is 11.0 Å². The lowest BCUT2D eigenvalue weighted by Gasteiger charge is -2.15. The predicted molar refractivity (Wildman–Crippen MR) is 59.1 cm³/mol. The first-order chi connectivity index (χ1) is 7.15. The molecule has 4 heteroatoms. The summed E-state index contributed by atoms with van der Waals surface area (Å²) in [4.78, 5) is 13.5. The molecule has 0 aromatic heterocycles. The second-order valence-electron chi connectivity index (χ2n) is 3.71. The third kappa shape index (κ3) is 2.56. The van der Waals surface area contributed by atoms with Crippen molar-refractivity contribution in [3.8, 4) is 0 Å². The van der Waals surface area contributed by atoms with Crippen LogP contribution in [0.15, 0.2) is 24.3 Å². The number of benzene rings is 1. The van der Waals surface area contributed by atoms with Crippen LogP contribution in [-0.2, 0) is 11.3 Å². The fourth-order valence-electron chi connectivity index (χ4n) is 1.73. The molecule has 0 bridgehead atoms. The van der Waals surface area contributed by atoms with E-state index in [9.17, 15) is 9.18 Å². The van der Waals surface area contributed by atoms with E-state index < -0.39 is 0 Å². The summed E-state index contributed by atoms with van der Waals surface area (Å²) >= 11 is 3.41. The lowest BCUT2D eigenvalue weighted by Crippen LogP contribution is -2.24. The van der Waals surface area contributed by atoms with E-state index >= 15 is 0 Å². The molecule has 2 nitrogen and oxygen atoms in total.